The Balaban J connectivity index is 1.42. The Labute approximate surface area is 177 Å². The highest BCUT2D eigenvalue weighted by Crippen LogP contribution is 2.32. The number of para-hydroxylation sites is 1. The number of aromatic nitrogens is 4. The van der Waals surface area contributed by atoms with Crippen LogP contribution in [-0.4, -0.2) is 32.7 Å². The number of carbonyl (C=O) groups is 1. The van der Waals surface area contributed by atoms with Gasteiger partial charge in [0.25, 0.3) is 5.91 Å². The van der Waals surface area contributed by atoms with Crippen LogP contribution in [0.5, 0.6) is 17.2 Å². The first-order chi connectivity index (χ1) is 14.7. The molecule has 0 atom stereocenters. The lowest BCUT2D eigenvalue weighted by Gasteiger charge is -2.13. The van der Waals surface area contributed by atoms with Gasteiger partial charge in [0, 0.05) is 11.1 Å². The number of amides is 1. The van der Waals surface area contributed by atoms with E-state index >= 15 is 0 Å². The fraction of sp³-hybridized carbons (Fsp3) is 0.0476. The molecule has 1 heterocycles. The smallest absolute Gasteiger partial charge is 0.262 e. The third-order valence-corrected chi connectivity index (χ3v) is 4.22. The largest absolute Gasteiger partial charge is 0.484 e. The van der Waals surface area contributed by atoms with E-state index in [9.17, 15) is 4.79 Å². The number of halogens is 1. The van der Waals surface area contributed by atoms with Crippen LogP contribution in [0.4, 0.5) is 5.69 Å². The van der Waals surface area contributed by atoms with Crippen LogP contribution >= 0.6 is 11.6 Å². The third-order valence-electron chi connectivity index (χ3n) is 3.99. The van der Waals surface area contributed by atoms with Crippen LogP contribution in [0.25, 0.3) is 5.69 Å². The van der Waals surface area contributed by atoms with Crippen LogP contribution in [0.3, 0.4) is 0 Å². The van der Waals surface area contributed by atoms with Crippen molar-refractivity contribution in [2.45, 2.75) is 0 Å². The molecular weight excluding hydrogens is 406 g/mol. The standard InChI is InChI=1S/C21H16ClN5O3/c22-15-9-10-20(30-17-6-2-1-3-7-17)19(11-15)24-21(28)13-29-18-8-4-5-16(12-18)27-14-23-25-26-27/h1-12,14H,13H2,(H,24,28). The van der Waals surface area contributed by atoms with E-state index in [-0.39, 0.29) is 12.5 Å². The van der Waals surface area contributed by atoms with Gasteiger partial charge in [-0.3, -0.25) is 4.79 Å². The predicted octanol–water partition coefficient (Wildman–Crippen LogP) is 4.13. The summed E-state index contributed by atoms with van der Waals surface area (Å²) in [6.07, 6.45) is 1.47. The fourth-order valence-corrected chi connectivity index (χ4v) is 2.81. The summed E-state index contributed by atoms with van der Waals surface area (Å²) in [5, 5.41) is 14.3. The lowest BCUT2D eigenvalue weighted by Crippen LogP contribution is -2.20. The highest BCUT2D eigenvalue weighted by Gasteiger charge is 2.11. The number of tetrazole rings is 1. The molecular formula is C21H16ClN5O3. The second kappa shape index (κ2) is 9.06. The molecule has 0 aliphatic rings. The first kappa shape index (κ1) is 19.4. The topological polar surface area (TPSA) is 91.2 Å². The first-order valence-corrected chi connectivity index (χ1v) is 9.34. The van der Waals surface area contributed by atoms with Crippen molar-refractivity contribution < 1.29 is 14.3 Å². The van der Waals surface area contributed by atoms with Gasteiger partial charge in [0.05, 0.1) is 11.4 Å². The number of benzene rings is 3. The SMILES string of the molecule is O=C(COc1cccc(-n2cnnn2)c1)Nc1cc(Cl)ccc1Oc1ccccc1. The zero-order chi connectivity index (χ0) is 20.8. The molecule has 9 heteroatoms. The summed E-state index contributed by atoms with van der Waals surface area (Å²) in [7, 11) is 0. The Morgan fingerprint density at radius 2 is 1.83 bits per heavy atom. The van der Waals surface area contributed by atoms with Gasteiger partial charge < -0.3 is 14.8 Å². The minimum absolute atomic E-state index is 0.198. The van der Waals surface area contributed by atoms with Crippen molar-refractivity contribution >= 4 is 23.2 Å². The molecule has 0 aliphatic heterocycles. The van der Waals surface area contributed by atoms with Crippen LogP contribution < -0.4 is 14.8 Å². The molecule has 4 rings (SSSR count). The minimum Gasteiger partial charge on any atom is -0.484 e. The molecule has 30 heavy (non-hydrogen) atoms. The van der Waals surface area contributed by atoms with E-state index in [0.717, 1.165) is 0 Å². The quantitative estimate of drug-likeness (QED) is 0.482. The van der Waals surface area contributed by atoms with Crippen LogP contribution in [0.2, 0.25) is 5.02 Å². The number of anilines is 1. The summed E-state index contributed by atoms with van der Waals surface area (Å²) in [6, 6.07) is 21.3. The summed E-state index contributed by atoms with van der Waals surface area (Å²) in [5.41, 5.74) is 1.16. The zero-order valence-electron chi connectivity index (χ0n) is 15.6. The van der Waals surface area contributed by atoms with Crippen LogP contribution in [0, 0.1) is 0 Å². The van der Waals surface area contributed by atoms with Crippen molar-refractivity contribution in [3.05, 3.63) is 84.1 Å². The normalized spacial score (nSPS) is 10.4. The van der Waals surface area contributed by atoms with Gasteiger partial charge in [-0.05, 0) is 52.9 Å². The van der Waals surface area contributed by atoms with Crippen molar-refractivity contribution in [1.29, 1.82) is 0 Å². The Bertz CT molecular complexity index is 1140. The summed E-state index contributed by atoms with van der Waals surface area (Å²) in [4.78, 5) is 12.4. The Morgan fingerprint density at radius 1 is 1.00 bits per heavy atom. The fourth-order valence-electron chi connectivity index (χ4n) is 2.63. The van der Waals surface area contributed by atoms with E-state index in [4.69, 9.17) is 21.1 Å². The molecule has 0 fully saturated rings. The molecule has 0 aliphatic carbocycles. The van der Waals surface area contributed by atoms with E-state index < -0.39 is 0 Å². The zero-order valence-corrected chi connectivity index (χ0v) is 16.4. The highest BCUT2D eigenvalue weighted by atomic mass is 35.5. The second-order valence-electron chi connectivity index (χ2n) is 6.14. The maximum Gasteiger partial charge on any atom is 0.262 e. The number of nitrogens with zero attached hydrogens (tertiary/aromatic N) is 4. The molecule has 0 saturated carbocycles. The monoisotopic (exact) mass is 421 g/mol. The van der Waals surface area contributed by atoms with Crippen molar-refractivity contribution in [2.75, 3.05) is 11.9 Å². The van der Waals surface area contributed by atoms with Gasteiger partial charge in [0.2, 0.25) is 0 Å². The second-order valence-corrected chi connectivity index (χ2v) is 6.58. The average Bonchev–Trinajstić information content (AvgIpc) is 3.30. The van der Waals surface area contributed by atoms with Crippen LogP contribution in [0.1, 0.15) is 0 Å². The van der Waals surface area contributed by atoms with E-state index in [1.807, 2.05) is 36.4 Å². The Morgan fingerprint density at radius 3 is 2.63 bits per heavy atom. The van der Waals surface area contributed by atoms with E-state index in [2.05, 4.69) is 20.8 Å². The molecule has 0 spiro atoms. The first-order valence-electron chi connectivity index (χ1n) is 8.96. The lowest BCUT2D eigenvalue weighted by atomic mass is 10.2. The number of nitrogens with one attached hydrogen (secondary N) is 1. The molecule has 0 unspecified atom stereocenters. The maximum absolute atomic E-state index is 12.4. The molecule has 150 valence electrons. The average molecular weight is 422 g/mol. The molecule has 4 aromatic rings. The van der Waals surface area contributed by atoms with Gasteiger partial charge in [-0.1, -0.05) is 35.9 Å². The lowest BCUT2D eigenvalue weighted by molar-refractivity contribution is -0.118. The number of hydrogen-bond donors (Lipinski definition) is 1. The Kier molecular flexibility index (Phi) is 5.86. The molecule has 0 radical (unpaired) electrons. The van der Waals surface area contributed by atoms with Crippen LogP contribution in [0.15, 0.2) is 79.1 Å². The van der Waals surface area contributed by atoms with Crippen molar-refractivity contribution in [3.8, 4) is 22.9 Å². The van der Waals surface area contributed by atoms with Gasteiger partial charge in [0.1, 0.15) is 17.8 Å². The molecule has 0 bridgehead atoms. The summed E-state index contributed by atoms with van der Waals surface area (Å²) in [6.45, 7) is -0.198. The van der Waals surface area contributed by atoms with Gasteiger partial charge in [-0.2, -0.15) is 0 Å². The Hall–Kier alpha value is -3.91. The maximum atomic E-state index is 12.4. The molecule has 1 aromatic heterocycles. The van der Waals surface area contributed by atoms with Gasteiger partial charge in [0.15, 0.2) is 12.4 Å². The molecule has 1 N–H and O–H groups in total. The molecule has 1 amide bonds. The number of ether oxygens (including phenoxy) is 2. The molecule has 0 saturated heterocycles. The van der Waals surface area contributed by atoms with Gasteiger partial charge >= 0.3 is 0 Å². The molecule has 3 aromatic carbocycles. The van der Waals surface area contributed by atoms with E-state index in [1.54, 1.807) is 36.4 Å². The summed E-state index contributed by atoms with van der Waals surface area (Å²) >= 11 is 6.09. The molecule has 8 nitrogen and oxygen atoms in total. The van der Waals surface area contributed by atoms with Crippen molar-refractivity contribution in [2.24, 2.45) is 0 Å². The number of hydrogen-bond acceptors (Lipinski definition) is 6. The summed E-state index contributed by atoms with van der Waals surface area (Å²) in [5.74, 6) is 1.26. The number of carbonyl (C=O) groups excluding carboxylic acids is 1. The van der Waals surface area contributed by atoms with Gasteiger partial charge in [-0.15, -0.1) is 5.10 Å². The van der Waals surface area contributed by atoms with Crippen LogP contribution in [-0.2, 0) is 4.79 Å². The number of rotatable bonds is 7. The van der Waals surface area contributed by atoms with Gasteiger partial charge in [-0.25, -0.2) is 4.68 Å². The van der Waals surface area contributed by atoms with E-state index in [0.29, 0.717) is 33.6 Å². The predicted molar refractivity (Wildman–Crippen MR) is 111 cm³/mol. The van der Waals surface area contributed by atoms with Crippen molar-refractivity contribution in [3.63, 3.8) is 0 Å². The minimum atomic E-state index is -0.358. The van der Waals surface area contributed by atoms with Crippen molar-refractivity contribution in [1.82, 2.24) is 20.2 Å². The van der Waals surface area contributed by atoms with E-state index in [1.165, 1.54) is 11.0 Å². The summed E-state index contributed by atoms with van der Waals surface area (Å²) < 4.78 is 12.9. The highest BCUT2D eigenvalue weighted by molar-refractivity contribution is 6.31. The third kappa shape index (κ3) is 4.92.